The Bertz CT molecular complexity index is 285. The second-order valence-electron chi connectivity index (χ2n) is 3.92. The van der Waals surface area contributed by atoms with E-state index >= 15 is 0 Å². The minimum atomic E-state index is -0.0764. The van der Waals surface area contributed by atoms with Gasteiger partial charge in [0, 0.05) is 6.42 Å². The summed E-state index contributed by atoms with van der Waals surface area (Å²) in [6.07, 6.45) is 5.26. The average molecular weight is 238 g/mol. The maximum atomic E-state index is 9.94. The van der Waals surface area contributed by atoms with Crippen LogP contribution in [0.2, 0.25) is 0 Å². The lowest BCUT2D eigenvalue weighted by atomic mass is 9.98. The third-order valence-corrected chi connectivity index (χ3v) is 2.73. The van der Waals surface area contributed by atoms with E-state index in [0.717, 1.165) is 25.0 Å². The summed E-state index contributed by atoms with van der Waals surface area (Å²) in [5.74, 6) is 0.621. The van der Waals surface area contributed by atoms with Gasteiger partial charge in [0.05, 0.1) is 0 Å². The van der Waals surface area contributed by atoms with Crippen LogP contribution in [-0.4, -0.2) is 16.5 Å². The fourth-order valence-corrected chi connectivity index (χ4v) is 1.46. The highest BCUT2D eigenvalue weighted by Gasteiger charge is 2.00. The van der Waals surface area contributed by atoms with Crippen molar-refractivity contribution in [1.82, 2.24) is 0 Å². The molecule has 0 fully saturated rings. The monoisotopic (exact) mass is 238 g/mol. The van der Waals surface area contributed by atoms with Crippen LogP contribution < -0.4 is 0 Å². The van der Waals surface area contributed by atoms with Crippen LogP contribution in [0, 0.1) is 5.92 Å². The van der Waals surface area contributed by atoms with E-state index in [9.17, 15) is 4.79 Å². The molecule has 0 radical (unpaired) electrons. The molecule has 0 atom stereocenters. The summed E-state index contributed by atoms with van der Waals surface area (Å²) >= 11 is 0. The Morgan fingerprint density at radius 3 is 1.88 bits per heavy atom. The minimum absolute atomic E-state index is 0.0764. The Labute approximate surface area is 103 Å². The van der Waals surface area contributed by atoms with Gasteiger partial charge in [-0.15, -0.1) is 0 Å². The zero-order valence-corrected chi connectivity index (χ0v) is 10.6. The topological polar surface area (TPSA) is 57.5 Å². The lowest BCUT2D eigenvalue weighted by Crippen LogP contribution is -1.96. The molecule has 0 saturated carbocycles. The maximum absolute atomic E-state index is 9.94. The first-order chi connectivity index (χ1) is 8.15. The van der Waals surface area contributed by atoms with E-state index in [1.807, 2.05) is 0 Å². The van der Waals surface area contributed by atoms with Gasteiger partial charge in [0.15, 0.2) is 11.5 Å². The van der Waals surface area contributed by atoms with E-state index < -0.39 is 0 Å². The average Bonchev–Trinajstić information content (AvgIpc) is 2.35. The van der Waals surface area contributed by atoms with Crippen molar-refractivity contribution in [2.45, 2.75) is 39.5 Å². The number of benzene rings is 1. The third-order valence-electron chi connectivity index (χ3n) is 2.73. The molecule has 1 rings (SSSR count). The standard InChI is InChI=1S/C8H16O.C6H6O2/c1-3-8(4-2)6-5-7-9;7-5-3-1-2-4-6(5)8/h7-8H,3-6H2,1-2H3;1-4,7-8H. The Kier molecular flexibility index (Phi) is 8.84. The lowest BCUT2D eigenvalue weighted by Gasteiger charge is -2.07. The van der Waals surface area contributed by atoms with Crippen molar-refractivity contribution in [2.75, 3.05) is 0 Å². The maximum Gasteiger partial charge on any atom is 0.157 e. The third kappa shape index (κ3) is 7.39. The molecule has 0 spiro atoms. The highest BCUT2D eigenvalue weighted by atomic mass is 16.3. The quantitative estimate of drug-likeness (QED) is 0.609. The van der Waals surface area contributed by atoms with E-state index in [1.165, 1.54) is 25.0 Å². The number of phenolic OH excluding ortho intramolecular Hbond substituents is 2. The highest BCUT2D eigenvalue weighted by Crippen LogP contribution is 2.21. The predicted molar refractivity (Wildman–Crippen MR) is 69.1 cm³/mol. The number of phenols is 2. The Morgan fingerprint density at radius 1 is 1.12 bits per heavy atom. The summed E-state index contributed by atoms with van der Waals surface area (Å²) in [6.45, 7) is 4.36. The molecule has 1 aromatic carbocycles. The van der Waals surface area contributed by atoms with Crippen molar-refractivity contribution >= 4 is 6.29 Å². The van der Waals surface area contributed by atoms with E-state index in [2.05, 4.69) is 13.8 Å². The number of hydrogen-bond donors (Lipinski definition) is 2. The molecule has 0 unspecified atom stereocenters. The second-order valence-corrected chi connectivity index (χ2v) is 3.92. The van der Waals surface area contributed by atoms with Crippen LogP contribution in [0.4, 0.5) is 0 Å². The van der Waals surface area contributed by atoms with Gasteiger partial charge < -0.3 is 15.0 Å². The number of para-hydroxylation sites is 2. The molecule has 0 aliphatic rings. The molecule has 0 aliphatic carbocycles. The van der Waals surface area contributed by atoms with Crippen molar-refractivity contribution in [3.8, 4) is 11.5 Å². The van der Waals surface area contributed by atoms with Crippen molar-refractivity contribution in [3.63, 3.8) is 0 Å². The van der Waals surface area contributed by atoms with Crippen LogP contribution >= 0.6 is 0 Å². The van der Waals surface area contributed by atoms with Crippen LogP contribution in [0.25, 0.3) is 0 Å². The Hall–Kier alpha value is -1.51. The van der Waals surface area contributed by atoms with Gasteiger partial charge in [0.2, 0.25) is 0 Å². The van der Waals surface area contributed by atoms with Crippen molar-refractivity contribution in [1.29, 1.82) is 0 Å². The molecule has 2 N–H and O–H groups in total. The summed E-state index contributed by atoms with van der Waals surface area (Å²) in [5.41, 5.74) is 0. The van der Waals surface area contributed by atoms with Crippen LogP contribution in [0.15, 0.2) is 24.3 Å². The minimum Gasteiger partial charge on any atom is -0.504 e. The second kappa shape index (κ2) is 9.70. The summed E-state index contributed by atoms with van der Waals surface area (Å²) in [7, 11) is 0. The number of aldehydes is 1. The molecule has 0 aliphatic heterocycles. The molecule has 0 amide bonds. The predicted octanol–water partition coefficient (Wildman–Crippen LogP) is 3.50. The van der Waals surface area contributed by atoms with E-state index in [0.29, 0.717) is 0 Å². The zero-order chi connectivity index (χ0) is 13.1. The van der Waals surface area contributed by atoms with Crippen molar-refractivity contribution < 1.29 is 15.0 Å². The van der Waals surface area contributed by atoms with Gasteiger partial charge in [0.1, 0.15) is 6.29 Å². The fraction of sp³-hybridized carbons (Fsp3) is 0.500. The van der Waals surface area contributed by atoms with Crippen LogP contribution in [-0.2, 0) is 4.79 Å². The Balaban J connectivity index is 0.000000302. The molecule has 0 bridgehead atoms. The van der Waals surface area contributed by atoms with Crippen LogP contribution in [0.5, 0.6) is 11.5 Å². The molecule has 0 heterocycles. The smallest absolute Gasteiger partial charge is 0.157 e. The fourth-order valence-electron chi connectivity index (χ4n) is 1.46. The first-order valence-electron chi connectivity index (χ1n) is 6.06. The SMILES string of the molecule is CCC(CC)CCC=O.Oc1ccccc1O. The summed E-state index contributed by atoms with van der Waals surface area (Å²) in [6, 6.07) is 6.15. The largest absolute Gasteiger partial charge is 0.504 e. The Morgan fingerprint density at radius 2 is 1.59 bits per heavy atom. The van der Waals surface area contributed by atoms with E-state index in [-0.39, 0.29) is 11.5 Å². The number of aromatic hydroxyl groups is 2. The molecule has 96 valence electrons. The summed E-state index contributed by atoms with van der Waals surface area (Å²) in [4.78, 5) is 9.94. The van der Waals surface area contributed by atoms with Gasteiger partial charge in [-0.2, -0.15) is 0 Å². The van der Waals surface area contributed by atoms with E-state index in [1.54, 1.807) is 12.1 Å². The van der Waals surface area contributed by atoms with Gasteiger partial charge in [-0.25, -0.2) is 0 Å². The molecule has 1 aromatic rings. The molecule has 0 saturated heterocycles. The number of carbonyl (C=O) groups is 1. The number of carbonyl (C=O) groups excluding carboxylic acids is 1. The summed E-state index contributed by atoms with van der Waals surface area (Å²) < 4.78 is 0. The van der Waals surface area contributed by atoms with Gasteiger partial charge >= 0.3 is 0 Å². The number of hydrogen-bond acceptors (Lipinski definition) is 3. The van der Waals surface area contributed by atoms with Gasteiger partial charge in [-0.3, -0.25) is 0 Å². The normalized spacial score (nSPS) is 9.59. The van der Waals surface area contributed by atoms with Crippen LogP contribution in [0.3, 0.4) is 0 Å². The van der Waals surface area contributed by atoms with Crippen LogP contribution in [0.1, 0.15) is 39.5 Å². The van der Waals surface area contributed by atoms with Crippen molar-refractivity contribution in [2.24, 2.45) is 5.92 Å². The number of rotatable bonds is 5. The van der Waals surface area contributed by atoms with Gasteiger partial charge in [-0.05, 0) is 24.5 Å². The zero-order valence-electron chi connectivity index (χ0n) is 10.6. The lowest BCUT2D eigenvalue weighted by molar-refractivity contribution is -0.108. The van der Waals surface area contributed by atoms with Crippen molar-refractivity contribution in [3.05, 3.63) is 24.3 Å². The first-order valence-corrected chi connectivity index (χ1v) is 6.06. The summed E-state index contributed by atoms with van der Waals surface area (Å²) in [5, 5.41) is 17.3. The molecular formula is C14H22O3. The molecule has 3 heteroatoms. The molecule has 3 nitrogen and oxygen atoms in total. The highest BCUT2D eigenvalue weighted by molar-refractivity contribution is 5.49. The molecular weight excluding hydrogens is 216 g/mol. The molecule has 17 heavy (non-hydrogen) atoms. The van der Waals surface area contributed by atoms with Gasteiger partial charge in [0.25, 0.3) is 0 Å². The first kappa shape index (κ1) is 15.5. The van der Waals surface area contributed by atoms with Gasteiger partial charge in [-0.1, -0.05) is 38.8 Å². The van der Waals surface area contributed by atoms with E-state index in [4.69, 9.17) is 10.2 Å². The molecule has 0 aromatic heterocycles.